The Morgan fingerprint density at radius 1 is 1.40 bits per heavy atom. The molecule has 0 aliphatic rings. The minimum atomic E-state index is -0.449. The van der Waals surface area contributed by atoms with E-state index in [4.69, 9.17) is 9.15 Å². The molecular weight excluding hydrogens is 256 g/mol. The monoisotopic (exact) mass is 274 g/mol. The summed E-state index contributed by atoms with van der Waals surface area (Å²) in [6.45, 7) is 2.71. The van der Waals surface area contributed by atoms with Gasteiger partial charge in [-0.15, -0.1) is 0 Å². The van der Waals surface area contributed by atoms with E-state index in [-0.39, 0.29) is 11.8 Å². The van der Waals surface area contributed by atoms with Crippen LogP contribution >= 0.6 is 0 Å². The molecule has 0 fully saturated rings. The molecule has 0 spiro atoms. The predicted octanol–water partition coefficient (Wildman–Crippen LogP) is 2.65. The van der Waals surface area contributed by atoms with Crippen molar-refractivity contribution in [2.75, 3.05) is 14.2 Å². The molecule has 0 amide bonds. The minimum absolute atomic E-state index is 0.207. The molecule has 0 N–H and O–H groups in total. The third-order valence-corrected chi connectivity index (χ3v) is 3.39. The van der Waals surface area contributed by atoms with Gasteiger partial charge in [0.25, 0.3) is 0 Å². The van der Waals surface area contributed by atoms with Gasteiger partial charge < -0.3 is 9.15 Å². The number of furan rings is 1. The molecule has 2 rings (SSSR count). The number of carbonyl (C=O) groups is 1. The van der Waals surface area contributed by atoms with E-state index in [1.165, 1.54) is 18.9 Å². The van der Waals surface area contributed by atoms with E-state index >= 15 is 0 Å². The van der Waals surface area contributed by atoms with E-state index in [1.807, 2.05) is 19.2 Å². The lowest BCUT2D eigenvalue weighted by Crippen LogP contribution is -2.22. The summed E-state index contributed by atoms with van der Waals surface area (Å²) in [5, 5.41) is 0. The second-order valence-electron chi connectivity index (χ2n) is 4.64. The molecule has 106 valence electrons. The first-order chi connectivity index (χ1) is 9.63. The second kappa shape index (κ2) is 6.34. The molecule has 2 aromatic rings. The molecule has 0 saturated heterocycles. The van der Waals surface area contributed by atoms with Crippen molar-refractivity contribution < 1.29 is 13.9 Å². The van der Waals surface area contributed by atoms with Gasteiger partial charge in [-0.05, 0) is 37.7 Å². The number of hydrogen-bond donors (Lipinski definition) is 0. The van der Waals surface area contributed by atoms with Gasteiger partial charge in [0.2, 0.25) is 5.76 Å². The van der Waals surface area contributed by atoms with E-state index in [2.05, 4.69) is 16.8 Å². The zero-order valence-electron chi connectivity index (χ0n) is 11.9. The molecule has 2 heterocycles. The van der Waals surface area contributed by atoms with Crippen LogP contribution in [0.2, 0.25) is 0 Å². The van der Waals surface area contributed by atoms with Crippen LogP contribution < -0.4 is 0 Å². The van der Waals surface area contributed by atoms with Crippen LogP contribution in [-0.4, -0.2) is 30.0 Å². The van der Waals surface area contributed by atoms with Crippen molar-refractivity contribution >= 4 is 5.97 Å². The Morgan fingerprint density at radius 3 is 2.75 bits per heavy atom. The summed E-state index contributed by atoms with van der Waals surface area (Å²) in [4.78, 5) is 17.7. The first kappa shape index (κ1) is 14.3. The lowest BCUT2D eigenvalue weighted by Gasteiger charge is -2.24. The zero-order chi connectivity index (χ0) is 14.5. The van der Waals surface area contributed by atoms with Crippen molar-refractivity contribution in [3.8, 4) is 0 Å². The highest BCUT2D eigenvalue weighted by molar-refractivity contribution is 5.87. The second-order valence-corrected chi connectivity index (χ2v) is 4.64. The highest BCUT2D eigenvalue weighted by Crippen LogP contribution is 2.22. The average Bonchev–Trinajstić information content (AvgIpc) is 2.94. The minimum Gasteiger partial charge on any atom is -0.463 e. The van der Waals surface area contributed by atoms with Crippen LogP contribution in [-0.2, 0) is 11.3 Å². The van der Waals surface area contributed by atoms with Crippen LogP contribution in [0.4, 0.5) is 0 Å². The third-order valence-electron chi connectivity index (χ3n) is 3.39. The number of rotatable bonds is 5. The molecule has 5 nitrogen and oxygen atoms in total. The Morgan fingerprint density at radius 2 is 2.10 bits per heavy atom. The Labute approximate surface area is 118 Å². The SMILES string of the molecule is COC(=O)c1occc1CN(C)[C@H](C)c1ccncc1. The number of nitrogens with zero attached hydrogens (tertiary/aromatic N) is 2. The van der Waals surface area contributed by atoms with E-state index in [0.717, 1.165) is 5.56 Å². The summed E-state index contributed by atoms with van der Waals surface area (Å²) in [5.41, 5.74) is 1.99. The van der Waals surface area contributed by atoms with Gasteiger partial charge in [-0.1, -0.05) is 0 Å². The van der Waals surface area contributed by atoms with Gasteiger partial charge in [0.1, 0.15) is 0 Å². The lowest BCUT2D eigenvalue weighted by molar-refractivity contribution is 0.0561. The number of methoxy groups -OCH3 is 1. The molecule has 0 unspecified atom stereocenters. The van der Waals surface area contributed by atoms with Crippen LogP contribution in [0.3, 0.4) is 0 Å². The number of carbonyl (C=O) groups excluding carboxylic acids is 1. The van der Waals surface area contributed by atoms with Crippen molar-refractivity contribution in [2.24, 2.45) is 0 Å². The van der Waals surface area contributed by atoms with Gasteiger partial charge in [0, 0.05) is 30.5 Å². The van der Waals surface area contributed by atoms with Crippen LogP contribution in [0.1, 0.15) is 34.6 Å². The van der Waals surface area contributed by atoms with Crippen molar-refractivity contribution in [1.82, 2.24) is 9.88 Å². The molecule has 0 bridgehead atoms. The van der Waals surface area contributed by atoms with Crippen LogP contribution in [0.5, 0.6) is 0 Å². The summed E-state index contributed by atoms with van der Waals surface area (Å²) in [5.74, 6) is -0.184. The topological polar surface area (TPSA) is 55.6 Å². The van der Waals surface area contributed by atoms with Gasteiger partial charge in [-0.2, -0.15) is 0 Å². The van der Waals surface area contributed by atoms with E-state index < -0.39 is 5.97 Å². The predicted molar refractivity (Wildman–Crippen MR) is 74.2 cm³/mol. The summed E-state index contributed by atoms with van der Waals surface area (Å²) < 4.78 is 9.89. The average molecular weight is 274 g/mol. The number of esters is 1. The molecule has 20 heavy (non-hydrogen) atoms. The first-order valence-electron chi connectivity index (χ1n) is 6.38. The maximum Gasteiger partial charge on any atom is 0.374 e. The van der Waals surface area contributed by atoms with E-state index in [0.29, 0.717) is 6.54 Å². The summed E-state index contributed by atoms with van der Waals surface area (Å²) in [7, 11) is 3.34. The van der Waals surface area contributed by atoms with E-state index in [1.54, 1.807) is 18.5 Å². The van der Waals surface area contributed by atoms with Crippen molar-refractivity contribution in [3.63, 3.8) is 0 Å². The lowest BCUT2D eigenvalue weighted by atomic mass is 10.1. The summed E-state index contributed by atoms with van der Waals surface area (Å²) >= 11 is 0. The quantitative estimate of drug-likeness (QED) is 0.784. The Bertz CT molecular complexity index is 566. The number of ether oxygens (including phenoxy) is 1. The number of aromatic nitrogens is 1. The molecule has 0 aromatic carbocycles. The Hall–Kier alpha value is -2.14. The number of hydrogen-bond acceptors (Lipinski definition) is 5. The van der Waals surface area contributed by atoms with E-state index in [9.17, 15) is 4.79 Å². The van der Waals surface area contributed by atoms with Crippen LogP contribution in [0.25, 0.3) is 0 Å². The maximum absolute atomic E-state index is 11.6. The smallest absolute Gasteiger partial charge is 0.374 e. The van der Waals surface area contributed by atoms with Crippen molar-refractivity contribution in [2.45, 2.75) is 19.5 Å². The fraction of sp³-hybridized carbons (Fsp3) is 0.333. The summed E-state index contributed by atoms with van der Waals surface area (Å²) in [6.07, 6.45) is 5.06. The van der Waals surface area contributed by atoms with Crippen molar-refractivity contribution in [1.29, 1.82) is 0 Å². The maximum atomic E-state index is 11.6. The van der Waals surface area contributed by atoms with Gasteiger partial charge in [0.15, 0.2) is 0 Å². The fourth-order valence-corrected chi connectivity index (χ4v) is 2.03. The molecule has 5 heteroatoms. The van der Waals surface area contributed by atoms with Crippen LogP contribution in [0, 0.1) is 0 Å². The van der Waals surface area contributed by atoms with Gasteiger partial charge in [-0.25, -0.2) is 4.79 Å². The number of pyridine rings is 1. The first-order valence-corrected chi connectivity index (χ1v) is 6.38. The third kappa shape index (κ3) is 3.05. The standard InChI is InChI=1S/C15H18N2O3/c1-11(12-4-7-16-8-5-12)17(2)10-13-6-9-20-14(13)15(18)19-3/h4-9,11H,10H2,1-3H3/t11-/m1/s1. The van der Waals surface area contributed by atoms with Crippen LogP contribution in [0.15, 0.2) is 41.3 Å². The Balaban J connectivity index is 2.10. The van der Waals surface area contributed by atoms with Gasteiger partial charge in [-0.3, -0.25) is 9.88 Å². The molecule has 0 aliphatic heterocycles. The highest BCUT2D eigenvalue weighted by Gasteiger charge is 2.19. The molecule has 0 radical (unpaired) electrons. The molecule has 0 aliphatic carbocycles. The van der Waals surface area contributed by atoms with Crippen molar-refractivity contribution in [3.05, 3.63) is 53.7 Å². The summed E-state index contributed by atoms with van der Waals surface area (Å²) in [6, 6.07) is 5.97. The molecule has 1 atom stereocenters. The molecule has 0 saturated carbocycles. The van der Waals surface area contributed by atoms with Gasteiger partial charge >= 0.3 is 5.97 Å². The molecular formula is C15H18N2O3. The molecule has 2 aromatic heterocycles. The largest absolute Gasteiger partial charge is 0.463 e. The Kier molecular flexibility index (Phi) is 4.53. The normalized spacial score (nSPS) is 12.4. The zero-order valence-corrected chi connectivity index (χ0v) is 11.9. The fourth-order valence-electron chi connectivity index (χ4n) is 2.03. The van der Waals surface area contributed by atoms with Gasteiger partial charge in [0.05, 0.1) is 13.4 Å². The highest BCUT2D eigenvalue weighted by atomic mass is 16.5.